The maximum absolute atomic E-state index is 5.42. The lowest BCUT2D eigenvalue weighted by Gasteiger charge is -2.44. The highest BCUT2D eigenvalue weighted by molar-refractivity contribution is 5.37. The molecule has 2 rings (SSSR count). The van der Waals surface area contributed by atoms with Gasteiger partial charge in [0.15, 0.2) is 0 Å². The van der Waals surface area contributed by atoms with E-state index >= 15 is 0 Å². The van der Waals surface area contributed by atoms with E-state index in [1.807, 2.05) is 19.3 Å². The lowest BCUT2D eigenvalue weighted by atomic mass is 10.1. The van der Waals surface area contributed by atoms with Crippen LogP contribution in [0.25, 0.3) is 0 Å². The molecule has 0 N–H and O–H groups in total. The summed E-state index contributed by atoms with van der Waals surface area (Å²) in [6, 6.07) is 0.876. The molecule has 1 aliphatic heterocycles. The standard InChI is InChI=1S/C14H20N4/c1-5-6-18-12(3)9-17(10-13(18)4)14-8-15-11(2)7-16-14/h1,7-8,12-13H,6,9-10H2,2-4H3/t12-,13+. The largest absolute Gasteiger partial charge is 0.352 e. The van der Waals surface area contributed by atoms with E-state index < -0.39 is 0 Å². The summed E-state index contributed by atoms with van der Waals surface area (Å²) in [5.41, 5.74) is 0.950. The molecule has 0 bridgehead atoms. The molecular weight excluding hydrogens is 224 g/mol. The van der Waals surface area contributed by atoms with Gasteiger partial charge in [0.2, 0.25) is 0 Å². The fourth-order valence-corrected chi connectivity index (χ4v) is 2.51. The molecule has 2 atom stereocenters. The van der Waals surface area contributed by atoms with Crippen molar-refractivity contribution in [3.05, 3.63) is 18.1 Å². The van der Waals surface area contributed by atoms with Gasteiger partial charge in [0.05, 0.1) is 24.6 Å². The lowest BCUT2D eigenvalue weighted by molar-refractivity contribution is 0.151. The number of anilines is 1. The van der Waals surface area contributed by atoms with Gasteiger partial charge >= 0.3 is 0 Å². The van der Waals surface area contributed by atoms with E-state index in [4.69, 9.17) is 6.42 Å². The fourth-order valence-electron chi connectivity index (χ4n) is 2.51. The summed E-state index contributed by atoms with van der Waals surface area (Å²) in [6.07, 6.45) is 9.09. The molecule has 18 heavy (non-hydrogen) atoms. The summed E-state index contributed by atoms with van der Waals surface area (Å²) >= 11 is 0. The first-order chi connectivity index (χ1) is 8.61. The Balaban J connectivity index is 2.10. The highest BCUT2D eigenvalue weighted by Crippen LogP contribution is 2.19. The van der Waals surface area contributed by atoms with E-state index in [1.54, 1.807) is 0 Å². The molecular formula is C14H20N4. The minimum absolute atomic E-state index is 0.438. The monoisotopic (exact) mass is 244 g/mol. The fraction of sp³-hybridized carbons (Fsp3) is 0.571. The molecule has 1 fully saturated rings. The van der Waals surface area contributed by atoms with Gasteiger partial charge in [0, 0.05) is 25.2 Å². The third-order valence-electron chi connectivity index (χ3n) is 3.47. The van der Waals surface area contributed by atoms with E-state index in [9.17, 15) is 0 Å². The van der Waals surface area contributed by atoms with Crippen LogP contribution >= 0.6 is 0 Å². The minimum Gasteiger partial charge on any atom is -0.352 e. The van der Waals surface area contributed by atoms with E-state index in [1.165, 1.54) is 0 Å². The number of piperazine rings is 1. The average molecular weight is 244 g/mol. The zero-order chi connectivity index (χ0) is 13.1. The molecule has 0 aliphatic carbocycles. The van der Waals surface area contributed by atoms with Crippen LogP contribution in [0.4, 0.5) is 5.82 Å². The maximum atomic E-state index is 5.42. The van der Waals surface area contributed by atoms with Gasteiger partial charge in [-0.25, -0.2) is 4.98 Å². The van der Waals surface area contributed by atoms with Crippen LogP contribution < -0.4 is 4.90 Å². The van der Waals surface area contributed by atoms with Crippen LogP contribution in [0.1, 0.15) is 19.5 Å². The Kier molecular flexibility index (Phi) is 3.83. The van der Waals surface area contributed by atoms with Crippen molar-refractivity contribution in [1.29, 1.82) is 0 Å². The van der Waals surface area contributed by atoms with Gasteiger partial charge in [-0.15, -0.1) is 6.42 Å². The van der Waals surface area contributed by atoms with E-state index in [-0.39, 0.29) is 0 Å². The second kappa shape index (κ2) is 5.36. The van der Waals surface area contributed by atoms with Crippen molar-refractivity contribution < 1.29 is 0 Å². The molecule has 4 heteroatoms. The van der Waals surface area contributed by atoms with Gasteiger partial charge in [-0.05, 0) is 20.8 Å². The Morgan fingerprint density at radius 1 is 1.28 bits per heavy atom. The highest BCUT2D eigenvalue weighted by atomic mass is 15.3. The van der Waals surface area contributed by atoms with Gasteiger partial charge in [-0.1, -0.05) is 5.92 Å². The molecule has 4 nitrogen and oxygen atoms in total. The Morgan fingerprint density at radius 2 is 1.94 bits per heavy atom. The number of hydrogen-bond donors (Lipinski definition) is 0. The van der Waals surface area contributed by atoms with E-state index in [0.717, 1.165) is 31.1 Å². The molecule has 1 aliphatic rings. The number of hydrogen-bond acceptors (Lipinski definition) is 4. The van der Waals surface area contributed by atoms with Gasteiger partial charge < -0.3 is 4.90 Å². The normalized spacial score (nSPS) is 24.9. The molecule has 1 aromatic heterocycles. The highest BCUT2D eigenvalue weighted by Gasteiger charge is 2.29. The molecule has 96 valence electrons. The SMILES string of the molecule is C#CCN1[C@H](C)CN(c2cnc(C)cn2)C[C@@H]1C. The number of aromatic nitrogens is 2. The van der Waals surface area contributed by atoms with Crippen molar-refractivity contribution in [3.63, 3.8) is 0 Å². The van der Waals surface area contributed by atoms with Crippen molar-refractivity contribution >= 4 is 5.82 Å². The Morgan fingerprint density at radius 3 is 2.44 bits per heavy atom. The van der Waals surface area contributed by atoms with Crippen LogP contribution in [-0.4, -0.2) is 46.6 Å². The summed E-state index contributed by atoms with van der Waals surface area (Å²) in [7, 11) is 0. The quantitative estimate of drug-likeness (QED) is 0.734. The predicted molar refractivity (Wildman–Crippen MR) is 73.4 cm³/mol. The van der Waals surface area contributed by atoms with E-state index in [2.05, 4.69) is 39.5 Å². The summed E-state index contributed by atoms with van der Waals surface area (Å²) in [4.78, 5) is 13.4. The second-order valence-corrected chi connectivity index (χ2v) is 5.00. The molecule has 0 unspecified atom stereocenters. The first kappa shape index (κ1) is 12.8. The smallest absolute Gasteiger partial charge is 0.147 e. The molecule has 0 amide bonds. The van der Waals surface area contributed by atoms with Gasteiger partial charge in [-0.3, -0.25) is 9.88 Å². The van der Waals surface area contributed by atoms with Gasteiger partial charge in [-0.2, -0.15) is 0 Å². The third kappa shape index (κ3) is 2.62. The van der Waals surface area contributed by atoms with Crippen molar-refractivity contribution in [2.75, 3.05) is 24.5 Å². The molecule has 1 aromatic rings. The van der Waals surface area contributed by atoms with Crippen LogP contribution in [0.15, 0.2) is 12.4 Å². The molecule has 2 heterocycles. The van der Waals surface area contributed by atoms with Crippen LogP contribution in [0.2, 0.25) is 0 Å². The van der Waals surface area contributed by atoms with Crippen molar-refractivity contribution in [1.82, 2.24) is 14.9 Å². The Bertz CT molecular complexity index is 422. The first-order valence-corrected chi connectivity index (χ1v) is 6.34. The molecule has 0 aromatic carbocycles. The lowest BCUT2D eigenvalue weighted by Crippen LogP contribution is -2.57. The van der Waals surface area contributed by atoms with Crippen molar-refractivity contribution in [2.24, 2.45) is 0 Å². The molecule has 0 spiro atoms. The number of terminal acetylenes is 1. The Labute approximate surface area is 109 Å². The summed E-state index contributed by atoms with van der Waals surface area (Å²) in [6.45, 7) is 8.99. The number of rotatable bonds is 2. The maximum Gasteiger partial charge on any atom is 0.147 e. The Hall–Kier alpha value is -1.60. The summed E-state index contributed by atoms with van der Waals surface area (Å²) in [5.74, 6) is 3.70. The zero-order valence-corrected chi connectivity index (χ0v) is 11.3. The van der Waals surface area contributed by atoms with Crippen LogP contribution in [0.3, 0.4) is 0 Å². The van der Waals surface area contributed by atoms with Crippen molar-refractivity contribution in [3.8, 4) is 12.3 Å². The van der Waals surface area contributed by atoms with Crippen LogP contribution in [0, 0.1) is 19.3 Å². The number of aryl methyl sites for hydroxylation is 1. The van der Waals surface area contributed by atoms with Crippen molar-refractivity contribution in [2.45, 2.75) is 32.9 Å². The predicted octanol–water partition coefficient (Wildman–Crippen LogP) is 1.32. The van der Waals surface area contributed by atoms with Crippen LogP contribution in [-0.2, 0) is 0 Å². The van der Waals surface area contributed by atoms with E-state index in [0.29, 0.717) is 12.1 Å². The molecule has 1 saturated heterocycles. The van der Waals surface area contributed by atoms with Crippen LogP contribution in [0.5, 0.6) is 0 Å². The summed E-state index contributed by atoms with van der Waals surface area (Å²) < 4.78 is 0. The summed E-state index contributed by atoms with van der Waals surface area (Å²) in [5, 5.41) is 0. The zero-order valence-electron chi connectivity index (χ0n) is 11.3. The first-order valence-electron chi connectivity index (χ1n) is 6.34. The van der Waals surface area contributed by atoms with Gasteiger partial charge in [0.25, 0.3) is 0 Å². The molecule has 0 saturated carbocycles. The van der Waals surface area contributed by atoms with Gasteiger partial charge in [0.1, 0.15) is 5.82 Å². The number of nitrogens with zero attached hydrogens (tertiary/aromatic N) is 4. The molecule has 0 radical (unpaired) electrons. The topological polar surface area (TPSA) is 32.3 Å². The minimum atomic E-state index is 0.438. The average Bonchev–Trinajstić information content (AvgIpc) is 2.34. The second-order valence-electron chi connectivity index (χ2n) is 5.00. The third-order valence-corrected chi connectivity index (χ3v) is 3.47.